The summed E-state index contributed by atoms with van der Waals surface area (Å²) in [6.45, 7) is 3.63. The molecule has 0 aliphatic rings. The second-order valence-electron chi connectivity index (χ2n) is 4.41. The maximum atomic E-state index is 12.4. The summed E-state index contributed by atoms with van der Waals surface area (Å²) in [7, 11) is -3.95. The molecule has 112 valence electrons. The normalized spacial score (nSPS) is 11.4. The Morgan fingerprint density at radius 1 is 1.10 bits per heavy atom. The average molecular weight is 347 g/mol. The van der Waals surface area contributed by atoms with Crippen LogP contribution in [-0.4, -0.2) is 18.4 Å². The third-order valence-electron chi connectivity index (χ3n) is 2.91. The third kappa shape index (κ3) is 3.20. The van der Waals surface area contributed by atoms with Crippen molar-refractivity contribution in [2.45, 2.75) is 18.7 Å². The van der Waals surface area contributed by atoms with Crippen LogP contribution in [0.1, 0.15) is 11.1 Å². The van der Waals surface area contributed by atoms with Crippen LogP contribution in [-0.2, 0) is 10.0 Å². The number of aromatic nitrogens is 2. The van der Waals surface area contributed by atoms with Crippen molar-refractivity contribution in [1.29, 1.82) is 0 Å². The van der Waals surface area contributed by atoms with E-state index in [9.17, 15) is 8.42 Å². The first-order chi connectivity index (χ1) is 9.72. The molecule has 0 amide bonds. The fourth-order valence-electron chi connectivity index (χ4n) is 1.66. The molecule has 1 aromatic heterocycles. The first-order valence-electron chi connectivity index (χ1n) is 5.78. The SMILES string of the molecule is Cc1cc(N)c(S(=O)(=O)Nc2c(Cl)ncnc2Cl)cc1C. The first-order valence-corrected chi connectivity index (χ1v) is 8.02. The molecule has 0 bridgehead atoms. The summed E-state index contributed by atoms with van der Waals surface area (Å²) < 4.78 is 27.1. The van der Waals surface area contributed by atoms with E-state index in [-0.39, 0.29) is 26.6 Å². The Bertz CT molecular complexity index is 789. The number of hydrogen-bond donors (Lipinski definition) is 2. The molecule has 1 heterocycles. The van der Waals surface area contributed by atoms with Gasteiger partial charge in [0.2, 0.25) is 0 Å². The number of nitrogens with zero attached hydrogens (tertiary/aromatic N) is 2. The molecule has 0 unspecified atom stereocenters. The van der Waals surface area contributed by atoms with Crippen LogP contribution >= 0.6 is 23.2 Å². The van der Waals surface area contributed by atoms with Crippen LogP contribution in [0.15, 0.2) is 23.4 Å². The molecule has 6 nitrogen and oxygen atoms in total. The highest BCUT2D eigenvalue weighted by Crippen LogP contribution is 2.30. The fraction of sp³-hybridized carbons (Fsp3) is 0.167. The molecule has 3 N–H and O–H groups in total. The van der Waals surface area contributed by atoms with E-state index in [1.807, 2.05) is 6.92 Å². The quantitative estimate of drug-likeness (QED) is 0.657. The topological polar surface area (TPSA) is 98.0 Å². The van der Waals surface area contributed by atoms with Gasteiger partial charge in [0.25, 0.3) is 10.0 Å². The second-order valence-corrected chi connectivity index (χ2v) is 6.78. The van der Waals surface area contributed by atoms with E-state index in [0.717, 1.165) is 17.5 Å². The summed E-state index contributed by atoms with van der Waals surface area (Å²) in [5.74, 6) is 0. The lowest BCUT2D eigenvalue weighted by molar-refractivity contribution is 0.601. The van der Waals surface area contributed by atoms with E-state index in [2.05, 4.69) is 14.7 Å². The van der Waals surface area contributed by atoms with Crippen molar-refractivity contribution in [1.82, 2.24) is 9.97 Å². The van der Waals surface area contributed by atoms with Gasteiger partial charge in [-0.25, -0.2) is 18.4 Å². The number of benzene rings is 1. The zero-order valence-electron chi connectivity index (χ0n) is 11.2. The first kappa shape index (κ1) is 15.8. The highest BCUT2D eigenvalue weighted by atomic mass is 35.5. The van der Waals surface area contributed by atoms with Gasteiger partial charge < -0.3 is 5.73 Å². The van der Waals surface area contributed by atoms with Crippen LogP contribution in [0.25, 0.3) is 0 Å². The number of sulfonamides is 1. The smallest absolute Gasteiger partial charge is 0.264 e. The molecule has 2 rings (SSSR count). The van der Waals surface area contributed by atoms with Gasteiger partial charge in [-0.3, -0.25) is 4.72 Å². The molecule has 0 atom stereocenters. The van der Waals surface area contributed by atoms with E-state index in [1.54, 1.807) is 13.0 Å². The monoisotopic (exact) mass is 346 g/mol. The maximum Gasteiger partial charge on any atom is 0.264 e. The predicted octanol–water partition coefficient (Wildman–Crippen LogP) is 2.78. The minimum Gasteiger partial charge on any atom is -0.398 e. The minimum atomic E-state index is -3.95. The second kappa shape index (κ2) is 5.67. The average Bonchev–Trinajstić information content (AvgIpc) is 2.38. The molecule has 0 aliphatic carbocycles. The Kier molecular flexibility index (Phi) is 4.27. The molecule has 21 heavy (non-hydrogen) atoms. The Morgan fingerprint density at radius 3 is 2.19 bits per heavy atom. The van der Waals surface area contributed by atoms with Crippen molar-refractivity contribution in [2.24, 2.45) is 0 Å². The fourth-order valence-corrected chi connectivity index (χ4v) is 3.46. The van der Waals surface area contributed by atoms with Gasteiger partial charge in [0.15, 0.2) is 10.3 Å². The Labute approximate surface area is 132 Å². The van der Waals surface area contributed by atoms with Crippen molar-refractivity contribution < 1.29 is 8.42 Å². The number of anilines is 2. The zero-order chi connectivity index (χ0) is 15.8. The summed E-state index contributed by atoms with van der Waals surface area (Å²) in [6, 6.07) is 3.08. The number of nitrogens with two attached hydrogens (primary N) is 1. The third-order valence-corrected chi connectivity index (χ3v) is 4.89. The van der Waals surface area contributed by atoms with E-state index in [1.165, 1.54) is 6.07 Å². The minimum absolute atomic E-state index is 0.0541. The van der Waals surface area contributed by atoms with E-state index in [0.29, 0.717) is 0 Å². The van der Waals surface area contributed by atoms with Crippen LogP contribution in [0.2, 0.25) is 10.3 Å². The van der Waals surface area contributed by atoms with Crippen molar-refractivity contribution >= 4 is 44.6 Å². The van der Waals surface area contributed by atoms with Crippen molar-refractivity contribution in [3.63, 3.8) is 0 Å². The van der Waals surface area contributed by atoms with Gasteiger partial charge in [-0.05, 0) is 37.1 Å². The van der Waals surface area contributed by atoms with E-state index < -0.39 is 10.0 Å². The predicted molar refractivity (Wildman–Crippen MR) is 83.2 cm³/mol. The Balaban J connectivity index is 2.51. The van der Waals surface area contributed by atoms with Gasteiger partial charge in [0.05, 0.1) is 5.69 Å². The van der Waals surface area contributed by atoms with Gasteiger partial charge in [-0.15, -0.1) is 0 Å². The molecule has 0 spiro atoms. The number of aryl methyl sites for hydroxylation is 2. The molecule has 0 saturated carbocycles. The van der Waals surface area contributed by atoms with Crippen LogP contribution in [0.5, 0.6) is 0 Å². The molecule has 2 aromatic rings. The molecule has 0 aliphatic heterocycles. The summed E-state index contributed by atoms with van der Waals surface area (Å²) in [4.78, 5) is 7.31. The van der Waals surface area contributed by atoms with Crippen molar-refractivity contribution in [3.05, 3.63) is 39.9 Å². The summed E-state index contributed by atoms with van der Waals surface area (Å²) >= 11 is 11.7. The highest BCUT2D eigenvalue weighted by Gasteiger charge is 2.22. The van der Waals surface area contributed by atoms with Crippen LogP contribution < -0.4 is 10.5 Å². The molecule has 0 radical (unpaired) electrons. The number of hydrogen-bond acceptors (Lipinski definition) is 5. The van der Waals surface area contributed by atoms with Crippen molar-refractivity contribution in [3.8, 4) is 0 Å². The lowest BCUT2D eigenvalue weighted by Gasteiger charge is -2.13. The number of rotatable bonds is 3. The van der Waals surface area contributed by atoms with E-state index >= 15 is 0 Å². The Hall–Kier alpha value is -1.57. The lowest BCUT2D eigenvalue weighted by Crippen LogP contribution is -2.16. The molecule has 0 fully saturated rings. The van der Waals surface area contributed by atoms with Crippen molar-refractivity contribution in [2.75, 3.05) is 10.5 Å². The summed E-state index contributed by atoms with van der Waals surface area (Å²) in [5, 5.41) is -0.193. The number of nitrogen functional groups attached to an aromatic ring is 1. The maximum absolute atomic E-state index is 12.4. The number of nitrogens with one attached hydrogen (secondary N) is 1. The molecule has 9 heteroatoms. The molecular weight excluding hydrogens is 335 g/mol. The van der Waals surface area contributed by atoms with E-state index in [4.69, 9.17) is 28.9 Å². The van der Waals surface area contributed by atoms with Crippen LogP contribution in [0, 0.1) is 13.8 Å². The number of halogens is 2. The van der Waals surface area contributed by atoms with Crippen LogP contribution in [0.3, 0.4) is 0 Å². The van der Waals surface area contributed by atoms with Gasteiger partial charge >= 0.3 is 0 Å². The largest absolute Gasteiger partial charge is 0.398 e. The van der Waals surface area contributed by atoms with Gasteiger partial charge in [0, 0.05) is 0 Å². The molecular formula is C12H12Cl2N4O2S. The summed E-state index contributed by atoms with van der Waals surface area (Å²) in [5.41, 5.74) is 7.53. The zero-order valence-corrected chi connectivity index (χ0v) is 13.5. The van der Waals surface area contributed by atoms with Gasteiger partial charge in [-0.2, -0.15) is 0 Å². The summed E-state index contributed by atoms with van der Waals surface area (Å²) in [6.07, 6.45) is 1.13. The van der Waals surface area contributed by atoms with Gasteiger partial charge in [-0.1, -0.05) is 23.2 Å². The molecule has 1 aromatic carbocycles. The molecule has 0 saturated heterocycles. The standard InChI is InChI=1S/C12H12Cl2N4O2S/c1-6-3-8(15)9(4-7(6)2)21(19,20)18-10-11(13)16-5-17-12(10)14/h3-5,18H,15H2,1-2H3. The van der Waals surface area contributed by atoms with Crippen LogP contribution in [0.4, 0.5) is 11.4 Å². The van der Waals surface area contributed by atoms with Gasteiger partial charge in [0.1, 0.15) is 16.9 Å². The highest BCUT2D eigenvalue weighted by molar-refractivity contribution is 7.93. The Morgan fingerprint density at radius 2 is 1.62 bits per heavy atom. The lowest BCUT2D eigenvalue weighted by atomic mass is 10.1.